The van der Waals surface area contributed by atoms with Gasteiger partial charge in [-0.3, -0.25) is 19.6 Å². The van der Waals surface area contributed by atoms with Crippen LogP contribution in [0, 0.1) is 24.0 Å². The SMILES string of the molecule is Cc1ccc(S(=O)(=O)Nc2cc(SCc3ccccc3)c([N+](=O)[O-])cc2NS(=O)(=O)c2ccc(C)cc2)cc1. The van der Waals surface area contributed by atoms with Crippen molar-refractivity contribution in [1.82, 2.24) is 0 Å². The summed E-state index contributed by atoms with van der Waals surface area (Å²) in [4.78, 5) is 11.4. The van der Waals surface area contributed by atoms with Crippen LogP contribution in [0.25, 0.3) is 0 Å². The summed E-state index contributed by atoms with van der Waals surface area (Å²) >= 11 is 1.14. The highest BCUT2D eigenvalue weighted by atomic mass is 32.2. The van der Waals surface area contributed by atoms with Crippen LogP contribution < -0.4 is 9.44 Å². The van der Waals surface area contributed by atoms with E-state index in [9.17, 15) is 26.9 Å². The highest BCUT2D eigenvalue weighted by molar-refractivity contribution is 7.98. The van der Waals surface area contributed by atoms with Crippen LogP contribution in [0.1, 0.15) is 16.7 Å². The van der Waals surface area contributed by atoms with Gasteiger partial charge in [-0.2, -0.15) is 0 Å². The Hall–Kier alpha value is -3.87. The lowest BCUT2D eigenvalue weighted by Crippen LogP contribution is -2.18. The smallest absolute Gasteiger partial charge is 0.277 e. The van der Waals surface area contributed by atoms with Crippen molar-refractivity contribution in [2.45, 2.75) is 34.3 Å². The highest BCUT2D eigenvalue weighted by Gasteiger charge is 2.25. The summed E-state index contributed by atoms with van der Waals surface area (Å²) in [6.45, 7) is 3.62. The third kappa shape index (κ3) is 6.96. The van der Waals surface area contributed by atoms with Gasteiger partial charge in [0.15, 0.2) is 0 Å². The summed E-state index contributed by atoms with van der Waals surface area (Å²) in [6, 6.07) is 23.7. The van der Waals surface area contributed by atoms with E-state index in [1.165, 1.54) is 30.3 Å². The van der Waals surface area contributed by atoms with Gasteiger partial charge < -0.3 is 0 Å². The molecular formula is C27H25N3O6S3. The molecule has 0 amide bonds. The molecule has 12 heteroatoms. The van der Waals surface area contributed by atoms with Crippen molar-refractivity contribution < 1.29 is 21.8 Å². The van der Waals surface area contributed by atoms with Crippen molar-refractivity contribution in [3.05, 3.63) is 118 Å². The summed E-state index contributed by atoms with van der Waals surface area (Å²) in [6.07, 6.45) is 0. The number of nitro groups is 1. The first-order chi connectivity index (χ1) is 18.4. The van der Waals surface area contributed by atoms with Crippen molar-refractivity contribution in [2.75, 3.05) is 9.44 Å². The molecule has 0 spiro atoms. The molecular weight excluding hydrogens is 559 g/mol. The number of nitrogens with zero attached hydrogens (tertiary/aromatic N) is 1. The summed E-state index contributed by atoms with van der Waals surface area (Å²) in [5.74, 6) is 0.375. The van der Waals surface area contributed by atoms with Crippen LogP contribution in [-0.4, -0.2) is 21.8 Å². The van der Waals surface area contributed by atoms with Gasteiger partial charge in [0.2, 0.25) is 0 Å². The van der Waals surface area contributed by atoms with E-state index in [0.717, 1.165) is 34.5 Å². The third-order valence-electron chi connectivity index (χ3n) is 5.68. The van der Waals surface area contributed by atoms with E-state index in [1.54, 1.807) is 31.2 Å². The minimum atomic E-state index is -4.20. The number of aryl methyl sites for hydroxylation is 2. The van der Waals surface area contributed by atoms with Crippen LogP contribution >= 0.6 is 11.8 Å². The minimum Gasteiger partial charge on any atom is -0.277 e. The van der Waals surface area contributed by atoms with Crippen LogP contribution in [0.5, 0.6) is 0 Å². The number of nitrogens with one attached hydrogen (secondary N) is 2. The van der Waals surface area contributed by atoms with Gasteiger partial charge in [0.1, 0.15) is 0 Å². The van der Waals surface area contributed by atoms with Crippen LogP contribution in [0.3, 0.4) is 0 Å². The Morgan fingerprint density at radius 2 is 1.18 bits per heavy atom. The fraction of sp³-hybridized carbons (Fsp3) is 0.111. The lowest BCUT2D eigenvalue weighted by Gasteiger charge is -2.16. The van der Waals surface area contributed by atoms with Crippen molar-refractivity contribution in [3.63, 3.8) is 0 Å². The predicted octanol–water partition coefficient (Wildman–Crippen LogP) is 6.11. The number of benzene rings is 4. The zero-order valence-corrected chi connectivity index (χ0v) is 23.4. The Labute approximate surface area is 231 Å². The first-order valence-electron chi connectivity index (χ1n) is 11.6. The second-order valence-electron chi connectivity index (χ2n) is 8.73. The van der Waals surface area contributed by atoms with Gasteiger partial charge in [0.25, 0.3) is 25.7 Å². The van der Waals surface area contributed by atoms with Crippen molar-refractivity contribution >= 4 is 48.9 Å². The predicted molar refractivity (Wildman–Crippen MR) is 153 cm³/mol. The Morgan fingerprint density at radius 3 is 1.64 bits per heavy atom. The molecule has 0 fully saturated rings. The lowest BCUT2D eigenvalue weighted by molar-refractivity contribution is -0.387. The second-order valence-corrected chi connectivity index (χ2v) is 13.1. The fourth-order valence-electron chi connectivity index (χ4n) is 3.57. The van der Waals surface area contributed by atoms with Crippen molar-refractivity contribution in [1.29, 1.82) is 0 Å². The first kappa shape index (κ1) is 28.1. The molecule has 9 nitrogen and oxygen atoms in total. The number of anilines is 2. The zero-order valence-electron chi connectivity index (χ0n) is 21.0. The maximum absolute atomic E-state index is 13.2. The number of thioether (sulfide) groups is 1. The van der Waals surface area contributed by atoms with E-state index in [2.05, 4.69) is 9.44 Å². The van der Waals surface area contributed by atoms with Crippen LogP contribution in [0.15, 0.2) is 106 Å². The summed E-state index contributed by atoms with van der Waals surface area (Å²) in [5, 5.41) is 12.0. The highest BCUT2D eigenvalue weighted by Crippen LogP contribution is 2.40. The van der Waals surface area contributed by atoms with Crippen LogP contribution in [-0.2, 0) is 25.8 Å². The largest absolute Gasteiger partial charge is 0.285 e. The molecule has 0 radical (unpaired) electrons. The molecule has 0 aliphatic carbocycles. The lowest BCUT2D eigenvalue weighted by atomic mass is 10.2. The first-order valence-corrected chi connectivity index (χ1v) is 15.6. The molecule has 0 heterocycles. The monoisotopic (exact) mass is 583 g/mol. The number of nitro benzene ring substituents is 1. The van der Waals surface area contributed by atoms with Gasteiger partial charge in [-0.1, -0.05) is 65.7 Å². The summed E-state index contributed by atoms with van der Waals surface area (Å²) < 4.78 is 57.5. The Balaban J connectivity index is 1.79. The van der Waals surface area contributed by atoms with Gasteiger partial charge >= 0.3 is 0 Å². The average molecular weight is 584 g/mol. The molecule has 4 aromatic rings. The average Bonchev–Trinajstić information content (AvgIpc) is 2.89. The maximum Gasteiger partial charge on any atom is 0.285 e. The molecule has 0 bridgehead atoms. The molecule has 0 saturated carbocycles. The van der Waals surface area contributed by atoms with E-state index in [0.29, 0.717) is 5.75 Å². The minimum absolute atomic E-state index is 0.0442. The molecule has 202 valence electrons. The normalized spacial score (nSPS) is 11.6. The molecule has 0 unspecified atom stereocenters. The molecule has 0 saturated heterocycles. The van der Waals surface area contributed by atoms with E-state index in [-0.39, 0.29) is 31.7 Å². The van der Waals surface area contributed by atoms with E-state index in [1.807, 2.05) is 37.3 Å². The molecule has 2 N–H and O–H groups in total. The van der Waals surface area contributed by atoms with Crippen molar-refractivity contribution in [2.24, 2.45) is 0 Å². The summed E-state index contributed by atoms with van der Waals surface area (Å²) in [7, 11) is -8.36. The van der Waals surface area contributed by atoms with E-state index in [4.69, 9.17) is 0 Å². The van der Waals surface area contributed by atoms with Gasteiger partial charge in [0.05, 0.1) is 31.0 Å². The number of sulfonamides is 2. The molecule has 0 aliphatic heterocycles. The number of rotatable bonds is 10. The molecule has 0 atom stereocenters. The Morgan fingerprint density at radius 1 is 0.718 bits per heavy atom. The maximum atomic E-state index is 13.2. The van der Waals surface area contributed by atoms with Gasteiger partial charge in [0, 0.05) is 11.8 Å². The Kier molecular flexibility index (Phi) is 8.28. The van der Waals surface area contributed by atoms with Crippen LogP contribution in [0.2, 0.25) is 0 Å². The topological polar surface area (TPSA) is 135 Å². The quantitative estimate of drug-likeness (QED) is 0.131. The fourth-order valence-corrected chi connectivity index (χ4v) is 6.71. The molecule has 4 rings (SSSR count). The molecule has 4 aromatic carbocycles. The second kappa shape index (κ2) is 11.5. The zero-order chi connectivity index (χ0) is 28.2. The third-order valence-corrected chi connectivity index (χ3v) is 9.56. The van der Waals surface area contributed by atoms with E-state index < -0.39 is 25.0 Å². The number of hydrogen-bond donors (Lipinski definition) is 2. The molecule has 39 heavy (non-hydrogen) atoms. The van der Waals surface area contributed by atoms with Gasteiger partial charge in [-0.15, -0.1) is 11.8 Å². The van der Waals surface area contributed by atoms with Crippen LogP contribution in [0.4, 0.5) is 17.1 Å². The van der Waals surface area contributed by atoms with Crippen molar-refractivity contribution in [3.8, 4) is 0 Å². The van der Waals surface area contributed by atoms with Gasteiger partial charge in [-0.25, -0.2) is 16.8 Å². The van der Waals surface area contributed by atoms with E-state index >= 15 is 0 Å². The number of hydrogen-bond acceptors (Lipinski definition) is 7. The molecule has 0 aromatic heterocycles. The summed E-state index contributed by atoms with van der Waals surface area (Å²) in [5.41, 5.74) is 1.82. The Bertz CT molecular complexity index is 1710. The molecule has 0 aliphatic rings. The van der Waals surface area contributed by atoms with Gasteiger partial charge in [-0.05, 0) is 49.7 Å². The standard InChI is InChI=1S/C27H25N3O6S3/c1-19-8-12-22(13-9-19)38(33,34)28-24-16-26(30(31)32)27(37-18-21-6-4-3-5-7-21)17-25(24)29-39(35,36)23-14-10-20(2)11-15-23/h3-17,28-29H,18H2,1-2H3.